The van der Waals surface area contributed by atoms with Crippen molar-refractivity contribution in [3.63, 3.8) is 0 Å². The fourth-order valence-electron chi connectivity index (χ4n) is 3.62. The molecular weight excluding hydrogens is 316 g/mol. The van der Waals surface area contributed by atoms with E-state index < -0.39 is 0 Å². The predicted octanol–water partition coefficient (Wildman–Crippen LogP) is 3.37. The third-order valence-electron chi connectivity index (χ3n) is 4.89. The molecule has 4 nitrogen and oxygen atoms in total. The molecule has 3 heterocycles. The lowest BCUT2D eigenvalue weighted by molar-refractivity contribution is 0.271. The minimum absolute atomic E-state index is 0.388. The van der Waals surface area contributed by atoms with Crippen LogP contribution < -0.4 is 4.90 Å². The molecule has 0 aromatic carbocycles. The standard InChI is InChI=1S/C16H21ClN4S/c1-2-20-7-9-21(10-8-20)14-13-11-5-3-4-6-12(11)22-15(13)19-16(17)18-14/h2-10H2,1H3. The zero-order valence-corrected chi connectivity index (χ0v) is 14.5. The van der Waals surface area contributed by atoms with Crippen LogP contribution in [0.1, 0.15) is 30.2 Å². The minimum atomic E-state index is 0.388. The van der Waals surface area contributed by atoms with Gasteiger partial charge in [0.05, 0.1) is 5.39 Å². The zero-order valence-electron chi connectivity index (χ0n) is 12.9. The van der Waals surface area contributed by atoms with Crippen molar-refractivity contribution in [3.8, 4) is 0 Å². The lowest BCUT2D eigenvalue weighted by atomic mass is 9.97. The Balaban J connectivity index is 1.78. The number of anilines is 1. The number of likely N-dealkylation sites (N-methyl/N-ethyl adjacent to an activating group) is 1. The number of rotatable bonds is 2. The number of aromatic nitrogens is 2. The van der Waals surface area contributed by atoms with E-state index in [1.807, 2.05) is 11.3 Å². The Morgan fingerprint density at radius 1 is 1.09 bits per heavy atom. The molecule has 0 bridgehead atoms. The maximum atomic E-state index is 6.21. The molecule has 0 atom stereocenters. The van der Waals surface area contributed by atoms with Gasteiger partial charge in [-0.1, -0.05) is 6.92 Å². The summed E-state index contributed by atoms with van der Waals surface area (Å²) in [6.45, 7) is 7.62. The monoisotopic (exact) mass is 336 g/mol. The van der Waals surface area contributed by atoms with Crippen molar-refractivity contribution in [2.45, 2.75) is 32.6 Å². The maximum absolute atomic E-state index is 6.21. The Hall–Kier alpha value is -0.910. The highest BCUT2D eigenvalue weighted by Gasteiger charge is 2.25. The van der Waals surface area contributed by atoms with E-state index >= 15 is 0 Å². The summed E-state index contributed by atoms with van der Waals surface area (Å²) in [7, 11) is 0. The lowest BCUT2D eigenvalue weighted by Gasteiger charge is -2.35. The van der Waals surface area contributed by atoms with Gasteiger partial charge in [0.2, 0.25) is 5.28 Å². The van der Waals surface area contributed by atoms with Gasteiger partial charge in [-0.15, -0.1) is 11.3 Å². The summed E-state index contributed by atoms with van der Waals surface area (Å²) >= 11 is 8.03. The Morgan fingerprint density at radius 2 is 1.86 bits per heavy atom. The second-order valence-electron chi connectivity index (χ2n) is 6.13. The quantitative estimate of drug-likeness (QED) is 0.787. The molecule has 1 aliphatic carbocycles. The van der Waals surface area contributed by atoms with E-state index in [1.165, 1.54) is 41.5 Å². The molecule has 2 aliphatic rings. The molecule has 0 radical (unpaired) electrons. The minimum Gasteiger partial charge on any atom is -0.353 e. The van der Waals surface area contributed by atoms with Crippen LogP contribution in [0.4, 0.5) is 5.82 Å². The molecular formula is C16H21ClN4S. The van der Waals surface area contributed by atoms with Gasteiger partial charge < -0.3 is 9.80 Å². The van der Waals surface area contributed by atoms with E-state index in [4.69, 9.17) is 11.6 Å². The molecule has 0 amide bonds. The predicted molar refractivity (Wildman–Crippen MR) is 93.4 cm³/mol. The first-order valence-corrected chi connectivity index (χ1v) is 9.41. The summed E-state index contributed by atoms with van der Waals surface area (Å²) in [5.41, 5.74) is 1.50. The summed E-state index contributed by atoms with van der Waals surface area (Å²) in [5.74, 6) is 1.07. The van der Waals surface area contributed by atoms with Crippen molar-refractivity contribution in [2.24, 2.45) is 0 Å². The average molecular weight is 337 g/mol. The van der Waals surface area contributed by atoms with Gasteiger partial charge in [-0.3, -0.25) is 0 Å². The number of halogens is 1. The molecule has 0 unspecified atom stereocenters. The van der Waals surface area contributed by atoms with Gasteiger partial charge in [-0.2, -0.15) is 4.98 Å². The Bertz CT molecular complexity index is 691. The molecule has 0 saturated carbocycles. The molecule has 1 fully saturated rings. The topological polar surface area (TPSA) is 32.3 Å². The van der Waals surface area contributed by atoms with E-state index in [9.17, 15) is 0 Å². The number of piperazine rings is 1. The summed E-state index contributed by atoms with van der Waals surface area (Å²) in [4.78, 5) is 16.6. The van der Waals surface area contributed by atoms with Crippen LogP contribution in [0, 0.1) is 0 Å². The maximum Gasteiger partial charge on any atom is 0.225 e. The molecule has 118 valence electrons. The molecule has 2 aromatic heterocycles. The normalized spacial score (nSPS) is 19.6. The van der Waals surface area contributed by atoms with Crippen LogP contribution in [0.25, 0.3) is 10.2 Å². The summed E-state index contributed by atoms with van der Waals surface area (Å²) in [5, 5.41) is 1.67. The molecule has 22 heavy (non-hydrogen) atoms. The number of fused-ring (bicyclic) bond motifs is 3. The van der Waals surface area contributed by atoms with Crippen molar-refractivity contribution < 1.29 is 0 Å². The van der Waals surface area contributed by atoms with Gasteiger partial charge in [-0.05, 0) is 49.4 Å². The molecule has 0 N–H and O–H groups in total. The Kier molecular flexibility index (Phi) is 3.96. The lowest BCUT2D eigenvalue weighted by Crippen LogP contribution is -2.46. The van der Waals surface area contributed by atoms with E-state index in [0.717, 1.165) is 43.4 Å². The number of hydrogen-bond acceptors (Lipinski definition) is 5. The van der Waals surface area contributed by atoms with Crippen LogP contribution in [0.15, 0.2) is 0 Å². The van der Waals surface area contributed by atoms with Crippen LogP contribution >= 0.6 is 22.9 Å². The highest BCUT2D eigenvalue weighted by molar-refractivity contribution is 7.19. The van der Waals surface area contributed by atoms with Crippen molar-refractivity contribution in [3.05, 3.63) is 15.7 Å². The fraction of sp³-hybridized carbons (Fsp3) is 0.625. The van der Waals surface area contributed by atoms with Gasteiger partial charge in [0.25, 0.3) is 0 Å². The summed E-state index contributed by atoms with van der Waals surface area (Å²) < 4.78 is 0. The van der Waals surface area contributed by atoms with Crippen LogP contribution in [0.2, 0.25) is 5.28 Å². The summed E-state index contributed by atoms with van der Waals surface area (Å²) in [6, 6.07) is 0. The number of hydrogen-bond donors (Lipinski definition) is 0. The first-order chi connectivity index (χ1) is 10.8. The third-order valence-corrected chi connectivity index (χ3v) is 6.24. The average Bonchev–Trinajstić information content (AvgIpc) is 2.92. The molecule has 0 spiro atoms. The first-order valence-electron chi connectivity index (χ1n) is 8.21. The zero-order chi connectivity index (χ0) is 15.1. The second kappa shape index (κ2) is 5.95. The fourth-order valence-corrected chi connectivity index (χ4v) is 5.09. The number of nitrogens with zero attached hydrogens (tertiary/aromatic N) is 4. The van der Waals surface area contributed by atoms with Gasteiger partial charge >= 0.3 is 0 Å². The van der Waals surface area contributed by atoms with Crippen molar-refractivity contribution in [2.75, 3.05) is 37.6 Å². The number of thiophene rings is 1. The van der Waals surface area contributed by atoms with Crippen LogP contribution in [-0.2, 0) is 12.8 Å². The van der Waals surface area contributed by atoms with Crippen LogP contribution in [0.3, 0.4) is 0 Å². The molecule has 2 aromatic rings. The third kappa shape index (κ3) is 2.49. The molecule has 1 aliphatic heterocycles. The molecule has 6 heteroatoms. The van der Waals surface area contributed by atoms with Gasteiger partial charge in [0.15, 0.2) is 0 Å². The van der Waals surface area contributed by atoms with Gasteiger partial charge in [0, 0.05) is 31.1 Å². The van der Waals surface area contributed by atoms with Gasteiger partial charge in [0.1, 0.15) is 10.6 Å². The van der Waals surface area contributed by atoms with E-state index in [1.54, 1.807) is 0 Å². The highest BCUT2D eigenvalue weighted by atomic mass is 35.5. The van der Waals surface area contributed by atoms with Crippen molar-refractivity contribution in [1.29, 1.82) is 0 Å². The van der Waals surface area contributed by atoms with Crippen LogP contribution in [-0.4, -0.2) is 47.6 Å². The molecule has 1 saturated heterocycles. The van der Waals surface area contributed by atoms with Crippen LogP contribution in [0.5, 0.6) is 0 Å². The second-order valence-corrected chi connectivity index (χ2v) is 7.55. The van der Waals surface area contributed by atoms with E-state index in [-0.39, 0.29) is 0 Å². The highest BCUT2D eigenvalue weighted by Crippen LogP contribution is 2.40. The molecule has 4 rings (SSSR count). The number of aryl methyl sites for hydroxylation is 2. The Morgan fingerprint density at radius 3 is 2.64 bits per heavy atom. The van der Waals surface area contributed by atoms with E-state index in [2.05, 4.69) is 26.7 Å². The Labute approximate surface area is 140 Å². The smallest absolute Gasteiger partial charge is 0.225 e. The van der Waals surface area contributed by atoms with Gasteiger partial charge in [-0.25, -0.2) is 4.98 Å². The first kappa shape index (κ1) is 14.7. The van der Waals surface area contributed by atoms with E-state index in [0.29, 0.717) is 5.28 Å². The SMILES string of the molecule is CCN1CCN(c2nc(Cl)nc3sc4c(c23)CCCC4)CC1. The summed E-state index contributed by atoms with van der Waals surface area (Å²) in [6.07, 6.45) is 4.94. The largest absolute Gasteiger partial charge is 0.353 e. The van der Waals surface area contributed by atoms with Crippen molar-refractivity contribution >= 4 is 39.0 Å². The van der Waals surface area contributed by atoms with Crippen molar-refractivity contribution in [1.82, 2.24) is 14.9 Å².